The summed E-state index contributed by atoms with van der Waals surface area (Å²) in [4.78, 5) is 13.3. The van der Waals surface area contributed by atoms with Crippen molar-refractivity contribution in [2.45, 2.75) is 19.9 Å². The van der Waals surface area contributed by atoms with Crippen molar-refractivity contribution < 1.29 is 0 Å². The minimum atomic E-state index is 0.173. The molecule has 3 aromatic rings. The lowest BCUT2D eigenvalue weighted by Gasteiger charge is -2.15. The fraction of sp³-hybridized carbons (Fsp3) is 0.167. The lowest BCUT2D eigenvalue weighted by atomic mass is 10.1. The maximum Gasteiger partial charge on any atom is 0.130 e. The van der Waals surface area contributed by atoms with E-state index in [1.165, 1.54) is 5.56 Å². The van der Waals surface area contributed by atoms with Crippen molar-refractivity contribution in [1.29, 1.82) is 0 Å². The Bertz CT molecular complexity index is 742. The van der Waals surface area contributed by atoms with E-state index in [0.717, 1.165) is 23.0 Å². The normalized spacial score (nSPS) is 11.9. The maximum absolute atomic E-state index is 4.47. The summed E-state index contributed by atoms with van der Waals surface area (Å²) in [5, 5.41) is 3.43. The highest BCUT2D eigenvalue weighted by molar-refractivity contribution is 5.58. The van der Waals surface area contributed by atoms with E-state index in [1.807, 2.05) is 49.4 Å². The van der Waals surface area contributed by atoms with Crippen molar-refractivity contribution in [3.63, 3.8) is 0 Å². The summed E-state index contributed by atoms with van der Waals surface area (Å²) in [6.07, 6.45) is 1.77. The van der Waals surface area contributed by atoms with Gasteiger partial charge in [-0.1, -0.05) is 36.4 Å². The van der Waals surface area contributed by atoms with E-state index in [9.17, 15) is 0 Å². The predicted octanol–water partition coefficient (Wildman–Crippen LogP) is 4.02. The first-order valence-corrected chi connectivity index (χ1v) is 7.31. The molecule has 0 saturated carbocycles. The molecule has 2 aromatic heterocycles. The average molecular weight is 290 g/mol. The molecule has 3 rings (SSSR count). The van der Waals surface area contributed by atoms with E-state index in [4.69, 9.17) is 0 Å². The third-order valence-corrected chi connectivity index (χ3v) is 3.43. The standard InChI is InChI=1S/C18H18N4/c1-13(15-8-4-3-5-9-15)20-18-12-17(21-14(2)22-18)16-10-6-7-11-19-16/h3-13H,1-2H3,(H,20,21,22). The summed E-state index contributed by atoms with van der Waals surface area (Å²) >= 11 is 0. The zero-order valence-corrected chi connectivity index (χ0v) is 12.7. The van der Waals surface area contributed by atoms with Crippen LogP contribution in [0, 0.1) is 6.92 Å². The van der Waals surface area contributed by atoms with Crippen molar-refractivity contribution in [2.75, 3.05) is 5.32 Å². The molecule has 0 amide bonds. The van der Waals surface area contributed by atoms with Crippen molar-refractivity contribution in [2.24, 2.45) is 0 Å². The molecule has 0 bridgehead atoms. The van der Waals surface area contributed by atoms with Gasteiger partial charge in [-0.3, -0.25) is 4.98 Å². The number of nitrogens with zero attached hydrogens (tertiary/aromatic N) is 3. The van der Waals surface area contributed by atoms with Crippen LogP contribution in [0.4, 0.5) is 5.82 Å². The molecule has 4 nitrogen and oxygen atoms in total. The molecule has 110 valence electrons. The van der Waals surface area contributed by atoms with Crippen molar-refractivity contribution >= 4 is 5.82 Å². The third-order valence-electron chi connectivity index (χ3n) is 3.43. The molecule has 0 aliphatic rings. The second kappa shape index (κ2) is 6.35. The van der Waals surface area contributed by atoms with Gasteiger partial charge in [-0.2, -0.15) is 0 Å². The van der Waals surface area contributed by atoms with Crippen LogP contribution in [-0.4, -0.2) is 15.0 Å². The number of aryl methyl sites for hydroxylation is 1. The maximum atomic E-state index is 4.47. The molecule has 0 aliphatic carbocycles. The molecule has 0 spiro atoms. The van der Waals surface area contributed by atoms with E-state index in [2.05, 4.69) is 39.3 Å². The summed E-state index contributed by atoms with van der Waals surface area (Å²) in [6, 6.07) is 18.2. The highest BCUT2D eigenvalue weighted by Crippen LogP contribution is 2.21. The number of nitrogens with one attached hydrogen (secondary N) is 1. The molecule has 4 heteroatoms. The molecule has 22 heavy (non-hydrogen) atoms. The Morgan fingerprint density at radius 1 is 0.909 bits per heavy atom. The van der Waals surface area contributed by atoms with Crippen LogP contribution in [0.15, 0.2) is 60.8 Å². The molecule has 1 N–H and O–H groups in total. The zero-order valence-electron chi connectivity index (χ0n) is 12.7. The molecular weight excluding hydrogens is 272 g/mol. The van der Waals surface area contributed by atoms with Crippen LogP contribution in [0.1, 0.15) is 24.4 Å². The van der Waals surface area contributed by atoms with Gasteiger partial charge in [0.05, 0.1) is 11.4 Å². The van der Waals surface area contributed by atoms with Gasteiger partial charge in [-0.25, -0.2) is 9.97 Å². The third kappa shape index (κ3) is 3.28. The smallest absolute Gasteiger partial charge is 0.130 e. The zero-order chi connectivity index (χ0) is 15.4. The van der Waals surface area contributed by atoms with Crippen LogP contribution in [0.25, 0.3) is 11.4 Å². The fourth-order valence-electron chi connectivity index (χ4n) is 2.33. The molecule has 0 radical (unpaired) electrons. The Morgan fingerprint density at radius 3 is 2.41 bits per heavy atom. The van der Waals surface area contributed by atoms with Gasteiger partial charge in [-0.05, 0) is 31.5 Å². The topological polar surface area (TPSA) is 50.7 Å². The monoisotopic (exact) mass is 290 g/mol. The van der Waals surface area contributed by atoms with E-state index in [-0.39, 0.29) is 6.04 Å². The van der Waals surface area contributed by atoms with Crippen molar-refractivity contribution in [3.8, 4) is 11.4 Å². The molecule has 0 saturated heterocycles. The molecule has 1 aromatic carbocycles. The lowest BCUT2D eigenvalue weighted by Crippen LogP contribution is -2.09. The SMILES string of the molecule is Cc1nc(NC(C)c2ccccc2)cc(-c2ccccn2)n1. The summed E-state index contributed by atoms with van der Waals surface area (Å²) in [5.74, 6) is 1.54. The van der Waals surface area contributed by atoms with Crippen LogP contribution < -0.4 is 5.32 Å². The summed E-state index contributed by atoms with van der Waals surface area (Å²) < 4.78 is 0. The Balaban J connectivity index is 1.87. The Labute approximate surface area is 130 Å². The van der Waals surface area contributed by atoms with Crippen LogP contribution in [0.5, 0.6) is 0 Å². The second-order valence-electron chi connectivity index (χ2n) is 5.18. The van der Waals surface area contributed by atoms with E-state index >= 15 is 0 Å². The van der Waals surface area contributed by atoms with Gasteiger partial charge < -0.3 is 5.32 Å². The molecular formula is C18H18N4. The van der Waals surface area contributed by atoms with Gasteiger partial charge in [-0.15, -0.1) is 0 Å². The number of pyridine rings is 1. The fourth-order valence-corrected chi connectivity index (χ4v) is 2.33. The highest BCUT2D eigenvalue weighted by atomic mass is 15.0. The molecule has 0 fully saturated rings. The first kappa shape index (κ1) is 14.2. The molecule has 0 aliphatic heterocycles. The van der Waals surface area contributed by atoms with Gasteiger partial charge in [0.25, 0.3) is 0 Å². The molecule has 1 unspecified atom stereocenters. The van der Waals surface area contributed by atoms with Crippen molar-refractivity contribution in [3.05, 3.63) is 72.2 Å². The Hall–Kier alpha value is -2.75. The first-order valence-electron chi connectivity index (χ1n) is 7.31. The number of benzene rings is 1. The number of hydrogen-bond acceptors (Lipinski definition) is 4. The van der Waals surface area contributed by atoms with Crippen LogP contribution >= 0.6 is 0 Å². The number of rotatable bonds is 4. The number of anilines is 1. The highest BCUT2D eigenvalue weighted by Gasteiger charge is 2.09. The van der Waals surface area contributed by atoms with Crippen LogP contribution in [0.2, 0.25) is 0 Å². The number of aromatic nitrogens is 3. The summed E-state index contributed by atoms with van der Waals surface area (Å²) in [7, 11) is 0. The van der Waals surface area contributed by atoms with Gasteiger partial charge in [0.1, 0.15) is 11.6 Å². The van der Waals surface area contributed by atoms with Gasteiger partial charge >= 0.3 is 0 Å². The van der Waals surface area contributed by atoms with Crippen LogP contribution in [-0.2, 0) is 0 Å². The summed E-state index contributed by atoms with van der Waals surface area (Å²) in [5.41, 5.74) is 2.90. The quantitative estimate of drug-likeness (QED) is 0.788. The van der Waals surface area contributed by atoms with E-state index in [1.54, 1.807) is 6.20 Å². The molecule has 2 heterocycles. The van der Waals surface area contributed by atoms with Gasteiger partial charge in [0.15, 0.2) is 0 Å². The largest absolute Gasteiger partial charge is 0.363 e. The lowest BCUT2D eigenvalue weighted by molar-refractivity contribution is 0.867. The minimum Gasteiger partial charge on any atom is -0.363 e. The summed E-state index contributed by atoms with van der Waals surface area (Å²) in [6.45, 7) is 4.01. The Morgan fingerprint density at radius 2 is 1.68 bits per heavy atom. The van der Waals surface area contributed by atoms with E-state index in [0.29, 0.717) is 0 Å². The minimum absolute atomic E-state index is 0.173. The van der Waals surface area contributed by atoms with Gasteiger partial charge in [0, 0.05) is 18.3 Å². The van der Waals surface area contributed by atoms with Crippen molar-refractivity contribution in [1.82, 2.24) is 15.0 Å². The van der Waals surface area contributed by atoms with E-state index < -0.39 is 0 Å². The van der Waals surface area contributed by atoms with Crippen LogP contribution in [0.3, 0.4) is 0 Å². The van der Waals surface area contributed by atoms with Gasteiger partial charge in [0.2, 0.25) is 0 Å². The first-order chi connectivity index (χ1) is 10.7. The second-order valence-corrected chi connectivity index (χ2v) is 5.18. The predicted molar refractivity (Wildman–Crippen MR) is 88.5 cm³/mol. The number of hydrogen-bond donors (Lipinski definition) is 1. The Kier molecular flexibility index (Phi) is 4.10. The molecule has 1 atom stereocenters. The average Bonchev–Trinajstić information content (AvgIpc) is 2.56.